The topological polar surface area (TPSA) is 48.5 Å². The standard InChI is InChI=1S/C59H33N5S2/c1-3-15-38-36(13-1)33-37-14-2-4-16-39(37)52(38)34-25-27-35(28-26-34)57-60-58(63-46-21-9-5-19-44(46)53-48(63)31-29-42-40-17-7-11-23-50(40)65-55(42)53)62-59(61-57)64-47-22-10-6-20-45(47)54-49(64)32-30-43-41-18-8-12-24-51(41)66-56(43)54/h1-33H. The lowest BCUT2D eigenvalue weighted by atomic mass is 9.92. The summed E-state index contributed by atoms with van der Waals surface area (Å²) in [6, 6.07) is 72.3. The zero-order valence-electron chi connectivity index (χ0n) is 35.1. The van der Waals surface area contributed by atoms with Crippen molar-refractivity contribution < 1.29 is 0 Å². The lowest BCUT2D eigenvalue weighted by molar-refractivity contribution is 0.893. The molecule has 5 heterocycles. The van der Waals surface area contributed by atoms with Crippen molar-refractivity contribution in [1.29, 1.82) is 0 Å². The molecule has 0 amide bonds. The van der Waals surface area contributed by atoms with Gasteiger partial charge >= 0.3 is 0 Å². The minimum atomic E-state index is 0.569. The Bertz CT molecular complexity index is 4270. The van der Waals surface area contributed by atoms with Crippen LogP contribution in [0.25, 0.3) is 140 Å². The Hall–Kier alpha value is -8.23. The lowest BCUT2D eigenvalue weighted by Gasteiger charge is -2.14. The number of thiophene rings is 2. The van der Waals surface area contributed by atoms with E-state index in [1.807, 2.05) is 22.7 Å². The van der Waals surface area contributed by atoms with Crippen LogP contribution in [0.15, 0.2) is 200 Å². The Kier molecular flexibility index (Phi) is 7.47. The molecule has 0 aliphatic rings. The largest absolute Gasteiger partial charge is 0.278 e. The molecule has 5 nitrogen and oxygen atoms in total. The maximum Gasteiger partial charge on any atom is 0.240 e. The molecule has 15 aromatic rings. The van der Waals surface area contributed by atoms with Gasteiger partial charge in [0.15, 0.2) is 5.82 Å². The normalized spacial score (nSPS) is 12.2. The Morgan fingerprint density at radius 1 is 0.318 bits per heavy atom. The molecule has 0 saturated carbocycles. The summed E-state index contributed by atoms with van der Waals surface area (Å²) in [5.41, 5.74) is 7.50. The molecule has 306 valence electrons. The number of fused-ring (bicyclic) bond motifs is 16. The molecule has 66 heavy (non-hydrogen) atoms. The predicted molar refractivity (Wildman–Crippen MR) is 280 cm³/mol. The highest BCUT2D eigenvalue weighted by Crippen LogP contribution is 2.45. The molecule has 0 bridgehead atoms. The maximum absolute atomic E-state index is 5.53. The van der Waals surface area contributed by atoms with Crippen molar-refractivity contribution in [2.45, 2.75) is 0 Å². The number of benzene rings is 10. The van der Waals surface area contributed by atoms with Gasteiger partial charge < -0.3 is 0 Å². The van der Waals surface area contributed by atoms with Crippen molar-refractivity contribution in [2.24, 2.45) is 0 Å². The molecular weight excluding hydrogens is 843 g/mol. The van der Waals surface area contributed by atoms with Crippen molar-refractivity contribution >= 4 is 128 Å². The van der Waals surface area contributed by atoms with Gasteiger partial charge in [-0.3, -0.25) is 9.13 Å². The summed E-state index contributed by atoms with van der Waals surface area (Å²) in [7, 11) is 0. The highest BCUT2D eigenvalue weighted by molar-refractivity contribution is 7.27. The van der Waals surface area contributed by atoms with Gasteiger partial charge in [0.25, 0.3) is 0 Å². The molecule has 7 heteroatoms. The second-order valence-corrected chi connectivity index (χ2v) is 19.2. The Labute approximate surface area is 384 Å². The summed E-state index contributed by atoms with van der Waals surface area (Å²) in [6.07, 6.45) is 0. The van der Waals surface area contributed by atoms with Gasteiger partial charge in [0.1, 0.15) is 0 Å². The van der Waals surface area contributed by atoms with E-state index in [1.54, 1.807) is 0 Å². The average Bonchev–Trinajstić information content (AvgIpc) is 4.13. The molecule has 0 aliphatic carbocycles. The van der Waals surface area contributed by atoms with Crippen LogP contribution in [0.4, 0.5) is 0 Å². The third-order valence-corrected chi connectivity index (χ3v) is 16.0. The monoisotopic (exact) mass is 875 g/mol. The second-order valence-electron chi connectivity index (χ2n) is 17.1. The number of rotatable bonds is 4. The summed E-state index contributed by atoms with van der Waals surface area (Å²) in [5, 5.41) is 14.7. The smallest absolute Gasteiger partial charge is 0.240 e. The first-order valence-electron chi connectivity index (χ1n) is 22.2. The first-order chi connectivity index (χ1) is 32.7. The summed E-state index contributed by atoms with van der Waals surface area (Å²) >= 11 is 3.70. The Morgan fingerprint density at radius 2 is 0.742 bits per heavy atom. The highest BCUT2D eigenvalue weighted by Gasteiger charge is 2.24. The third kappa shape index (κ3) is 5.06. The van der Waals surface area contributed by atoms with Gasteiger partial charge in [0.2, 0.25) is 11.9 Å². The summed E-state index contributed by atoms with van der Waals surface area (Å²) < 4.78 is 9.59. The molecule has 0 spiro atoms. The first-order valence-corrected chi connectivity index (χ1v) is 23.8. The van der Waals surface area contributed by atoms with Crippen molar-refractivity contribution in [3.05, 3.63) is 200 Å². The molecule has 0 saturated heterocycles. The number of para-hydroxylation sites is 2. The predicted octanol–water partition coefficient (Wildman–Crippen LogP) is 16.4. The molecular formula is C59H33N5S2. The van der Waals surface area contributed by atoms with E-state index < -0.39 is 0 Å². The zero-order valence-corrected chi connectivity index (χ0v) is 36.7. The van der Waals surface area contributed by atoms with Crippen LogP contribution in [-0.2, 0) is 0 Å². The zero-order chi connectivity index (χ0) is 43.0. The van der Waals surface area contributed by atoms with E-state index >= 15 is 0 Å². The fraction of sp³-hybridized carbons (Fsp3) is 0. The van der Waals surface area contributed by atoms with E-state index in [1.165, 1.54) is 89.0 Å². The quantitative estimate of drug-likeness (QED) is 0.166. The second kappa shape index (κ2) is 13.6. The van der Waals surface area contributed by atoms with Crippen molar-refractivity contribution in [1.82, 2.24) is 24.1 Å². The SMILES string of the molecule is c1ccc2c(-c3ccc(-c4nc(-n5c6ccccc6c6c7sc8ccccc8c7ccc65)nc(-n5c6ccccc6c6c7sc8ccccc8c7ccc65)n4)cc3)c3ccccc3cc2c1. The van der Waals surface area contributed by atoms with E-state index in [9.17, 15) is 0 Å². The summed E-state index contributed by atoms with van der Waals surface area (Å²) in [6.45, 7) is 0. The van der Waals surface area contributed by atoms with Crippen molar-refractivity contribution in [2.75, 3.05) is 0 Å². The van der Waals surface area contributed by atoms with Crippen molar-refractivity contribution in [3.8, 4) is 34.4 Å². The number of nitrogens with zero attached hydrogens (tertiary/aromatic N) is 5. The van der Waals surface area contributed by atoms with Crippen LogP contribution in [0.2, 0.25) is 0 Å². The van der Waals surface area contributed by atoms with E-state index in [4.69, 9.17) is 15.0 Å². The minimum Gasteiger partial charge on any atom is -0.278 e. The van der Waals surface area contributed by atoms with E-state index in [0.717, 1.165) is 33.2 Å². The van der Waals surface area contributed by atoms with Gasteiger partial charge in [-0.2, -0.15) is 15.0 Å². The van der Waals surface area contributed by atoms with Crippen LogP contribution < -0.4 is 0 Å². The molecule has 5 aromatic heterocycles. The number of hydrogen-bond acceptors (Lipinski definition) is 5. The average molecular weight is 876 g/mol. The van der Waals surface area contributed by atoms with Gasteiger partial charge in [-0.25, -0.2) is 0 Å². The van der Waals surface area contributed by atoms with Crippen LogP contribution in [-0.4, -0.2) is 24.1 Å². The van der Waals surface area contributed by atoms with Gasteiger partial charge in [-0.05, 0) is 75.1 Å². The van der Waals surface area contributed by atoms with Crippen molar-refractivity contribution in [3.63, 3.8) is 0 Å². The minimum absolute atomic E-state index is 0.569. The van der Waals surface area contributed by atoms with Gasteiger partial charge in [0, 0.05) is 67.5 Å². The van der Waals surface area contributed by atoms with Crippen LogP contribution in [0.5, 0.6) is 0 Å². The van der Waals surface area contributed by atoms with Crippen LogP contribution in [0.3, 0.4) is 0 Å². The summed E-state index contributed by atoms with van der Waals surface area (Å²) in [4.78, 5) is 16.4. The number of aromatic nitrogens is 5. The molecule has 0 unspecified atom stereocenters. The molecule has 0 N–H and O–H groups in total. The summed E-state index contributed by atoms with van der Waals surface area (Å²) in [5.74, 6) is 1.74. The molecule has 0 aliphatic heterocycles. The fourth-order valence-electron chi connectivity index (χ4n) is 10.7. The third-order valence-electron chi connectivity index (χ3n) is 13.6. The van der Waals surface area contributed by atoms with Gasteiger partial charge in [-0.15, -0.1) is 22.7 Å². The molecule has 15 rings (SSSR count). The first kappa shape index (κ1) is 36.1. The molecule has 10 aromatic carbocycles. The Balaban J connectivity index is 1.01. The van der Waals surface area contributed by atoms with Gasteiger partial charge in [0.05, 0.1) is 22.1 Å². The number of hydrogen-bond donors (Lipinski definition) is 0. The molecule has 0 radical (unpaired) electrons. The van der Waals surface area contributed by atoms with E-state index in [0.29, 0.717) is 17.7 Å². The maximum atomic E-state index is 5.53. The Morgan fingerprint density at radius 3 is 1.26 bits per heavy atom. The molecule has 0 atom stereocenters. The van der Waals surface area contributed by atoms with Crippen LogP contribution in [0, 0.1) is 0 Å². The van der Waals surface area contributed by atoms with Crippen LogP contribution in [0.1, 0.15) is 0 Å². The fourth-order valence-corrected chi connectivity index (χ4v) is 13.2. The van der Waals surface area contributed by atoms with Crippen LogP contribution >= 0.6 is 22.7 Å². The van der Waals surface area contributed by atoms with Gasteiger partial charge in [-0.1, -0.05) is 158 Å². The lowest BCUT2D eigenvalue weighted by Crippen LogP contribution is -2.10. The highest BCUT2D eigenvalue weighted by atomic mass is 32.1. The van der Waals surface area contributed by atoms with E-state index in [-0.39, 0.29) is 0 Å². The molecule has 0 fully saturated rings. The van der Waals surface area contributed by atoms with E-state index in [2.05, 4.69) is 209 Å².